The fraction of sp³-hybridized carbons (Fsp3) is 0.103. The predicted molar refractivity (Wildman–Crippen MR) is 136 cm³/mol. The number of benzene rings is 4. The van der Waals surface area contributed by atoms with E-state index < -0.39 is 5.91 Å². The van der Waals surface area contributed by atoms with Gasteiger partial charge in [-0.3, -0.25) is 9.59 Å². The van der Waals surface area contributed by atoms with Crippen LogP contribution in [0.3, 0.4) is 0 Å². The van der Waals surface area contributed by atoms with E-state index in [0.717, 1.165) is 27.6 Å². The summed E-state index contributed by atoms with van der Waals surface area (Å²) >= 11 is 0. The van der Waals surface area contributed by atoms with E-state index in [2.05, 4.69) is 5.32 Å². The van der Waals surface area contributed by atoms with Crippen LogP contribution >= 0.6 is 0 Å². The number of ether oxygens (including phenoxy) is 1. The van der Waals surface area contributed by atoms with Gasteiger partial charge in [-0.25, -0.2) is 4.90 Å². The molecule has 1 heterocycles. The lowest BCUT2D eigenvalue weighted by Crippen LogP contribution is -2.32. The van der Waals surface area contributed by atoms with Crippen LogP contribution in [-0.2, 0) is 9.59 Å². The second-order valence-electron chi connectivity index (χ2n) is 8.32. The molecule has 0 aromatic heterocycles. The van der Waals surface area contributed by atoms with Gasteiger partial charge in [0, 0.05) is 11.1 Å². The van der Waals surface area contributed by atoms with Crippen molar-refractivity contribution >= 4 is 39.5 Å². The summed E-state index contributed by atoms with van der Waals surface area (Å²) in [6.45, 7) is 4.02. The highest BCUT2D eigenvalue weighted by molar-refractivity contribution is 6.46. The number of fused-ring (bicyclic) bond motifs is 1. The first-order chi connectivity index (χ1) is 16.5. The molecule has 34 heavy (non-hydrogen) atoms. The van der Waals surface area contributed by atoms with Gasteiger partial charge in [-0.05, 0) is 54.1 Å². The van der Waals surface area contributed by atoms with E-state index in [4.69, 9.17) is 4.74 Å². The third-order valence-electron chi connectivity index (χ3n) is 6.25. The maximum atomic E-state index is 13.8. The van der Waals surface area contributed by atoms with Crippen LogP contribution in [-0.4, -0.2) is 18.9 Å². The summed E-state index contributed by atoms with van der Waals surface area (Å²) in [5, 5.41) is 5.32. The average Bonchev–Trinajstić information content (AvgIpc) is 3.10. The SMILES string of the molecule is COc1ccccc1N1C(=O)C(Nc2cccc3ccccc23)=C(c2ccc(C)c(C)c2)C1=O. The minimum Gasteiger partial charge on any atom is -0.495 e. The van der Waals surface area contributed by atoms with Crippen LogP contribution in [0.5, 0.6) is 5.75 Å². The van der Waals surface area contributed by atoms with Gasteiger partial charge in [-0.2, -0.15) is 0 Å². The van der Waals surface area contributed by atoms with Crippen molar-refractivity contribution in [2.45, 2.75) is 13.8 Å². The Hall–Kier alpha value is -4.38. The van der Waals surface area contributed by atoms with Crippen LogP contribution in [0.15, 0.2) is 90.6 Å². The lowest BCUT2D eigenvalue weighted by Gasteiger charge is -2.18. The summed E-state index contributed by atoms with van der Waals surface area (Å²) in [6.07, 6.45) is 0. The van der Waals surface area contributed by atoms with Gasteiger partial charge < -0.3 is 10.1 Å². The molecule has 0 bridgehead atoms. The van der Waals surface area contributed by atoms with Crippen LogP contribution in [0.1, 0.15) is 16.7 Å². The third-order valence-corrected chi connectivity index (χ3v) is 6.25. The Labute approximate surface area is 198 Å². The highest BCUT2D eigenvalue weighted by atomic mass is 16.5. The molecule has 1 N–H and O–H groups in total. The number of para-hydroxylation sites is 2. The largest absolute Gasteiger partial charge is 0.495 e. The van der Waals surface area contributed by atoms with Crippen molar-refractivity contribution in [3.63, 3.8) is 0 Å². The van der Waals surface area contributed by atoms with E-state index in [9.17, 15) is 9.59 Å². The Morgan fingerprint density at radius 2 is 1.50 bits per heavy atom. The first-order valence-electron chi connectivity index (χ1n) is 11.1. The van der Waals surface area contributed by atoms with Crippen molar-refractivity contribution in [3.8, 4) is 5.75 Å². The third kappa shape index (κ3) is 3.52. The molecule has 5 heteroatoms. The molecule has 4 aromatic rings. The number of rotatable bonds is 5. The lowest BCUT2D eigenvalue weighted by molar-refractivity contribution is -0.120. The zero-order valence-electron chi connectivity index (χ0n) is 19.3. The molecule has 1 aliphatic rings. The molecule has 0 unspecified atom stereocenters. The van der Waals surface area contributed by atoms with Crippen molar-refractivity contribution < 1.29 is 14.3 Å². The zero-order chi connectivity index (χ0) is 23.8. The Kier molecular flexibility index (Phi) is 5.38. The molecule has 5 nitrogen and oxygen atoms in total. The van der Waals surface area contributed by atoms with Gasteiger partial charge in [0.05, 0.1) is 18.4 Å². The summed E-state index contributed by atoms with van der Waals surface area (Å²) in [7, 11) is 1.52. The van der Waals surface area contributed by atoms with E-state index >= 15 is 0 Å². The highest BCUT2D eigenvalue weighted by Gasteiger charge is 2.41. The number of amides is 2. The second kappa shape index (κ2) is 8.52. The fourth-order valence-corrected chi connectivity index (χ4v) is 4.31. The topological polar surface area (TPSA) is 58.6 Å². The standard InChI is InChI=1S/C29H24N2O3/c1-18-15-16-21(17-19(18)2)26-27(30-23-12-8-10-20-9-4-5-11-22(20)23)29(33)31(28(26)32)24-13-6-7-14-25(24)34-3/h4-17,30H,1-3H3. The maximum Gasteiger partial charge on any atom is 0.282 e. The maximum absolute atomic E-state index is 13.8. The molecule has 0 saturated heterocycles. The summed E-state index contributed by atoms with van der Waals surface area (Å²) < 4.78 is 5.46. The van der Waals surface area contributed by atoms with Gasteiger partial charge in [-0.1, -0.05) is 66.7 Å². The van der Waals surface area contributed by atoms with Gasteiger partial charge in [0.2, 0.25) is 0 Å². The smallest absolute Gasteiger partial charge is 0.282 e. The number of hydrogen-bond donors (Lipinski definition) is 1. The van der Waals surface area contributed by atoms with Crippen LogP contribution in [0.25, 0.3) is 16.3 Å². The molecule has 0 fully saturated rings. The predicted octanol–water partition coefficient (Wildman–Crippen LogP) is 5.86. The molecule has 0 spiro atoms. The quantitative estimate of drug-likeness (QED) is 0.389. The number of imide groups is 1. The number of hydrogen-bond acceptors (Lipinski definition) is 4. The van der Waals surface area contributed by atoms with Crippen LogP contribution in [0, 0.1) is 13.8 Å². The Bertz CT molecular complexity index is 1480. The summed E-state index contributed by atoms with van der Waals surface area (Å²) in [6, 6.07) is 26.6. The minimum absolute atomic E-state index is 0.246. The fourth-order valence-electron chi connectivity index (χ4n) is 4.31. The van der Waals surface area contributed by atoms with Gasteiger partial charge >= 0.3 is 0 Å². The van der Waals surface area contributed by atoms with Crippen molar-refractivity contribution in [1.29, 1.82) is 0 Å². The Balaban J connectivity index is 1.69. The van der Waals surface area contributed by atoms with E-state index in [1.165, 1.54) is 12.0 Å². The van der Waals surface area contributed by atoms with Crippen LogP contribution < -0.4 is 15.0 Å². The molecule has 168 valence electrons. The molecule has 5 rings (SSSR count). The van der Waals surface area contributed by atoms with Gasteiger partial charge in [0.1, 0.15) is 11.4 Å². The molecule has 2 amide bonds. The van der Waals surface area contributed by atoms with Crippen molar-refractivity contribution in [2.75, 3.05) is 17.3 Å². The highest BCUT2D eigenvalue weighted by Crippen LogP contribution is 2.38. The lowest BCUT2D eigenvalue weighted by atomic mass is 9.99. The molecule has 0 radical (unpaired) electrons. The van der Waals surface area contributed by atoms with Crippen molar-refractivity contribution in [2.24, 2.45) is 0 Å². The first-order valence-corrected chi connectivity index (χ1v) is 11.1. The number of nitrogens with one attached hydrogen (secondary N) is 1. The van der Waals surface area contributed by atoms with Gasteiger partial charge in [0.15, 0.2) is 0 Å². The van der Waals surface area contributed by atoms with Gasteiger partial charge in [0.25, 0.3) is 11.8 Å². The summed E-state index contributed by atoms with van der Waals surface area (Å²) in [5.74, 6) is -0.355. The molecule has 1 aliphatic heterocycles. The van der Waals surface area contributed by atoms with Crippen molar-refractivity contribution in [1.82, 2.24) is 0 Å². The van der Waals surface area contributed by atoms with Crippen LogP contribution in [0.4, 0.5) is 11.4 Å². The molecule has 0 saturated carbocycles. The average molecular weight is 449 g/mol. The minimum atomic E-state index is -0.421. The van der Waals surface area contributed by atoms with E-state index in [0.29, 0.717) is 22.6 Å². The molecular formula is C29H24N2O3. The molecule has 0 atom stereocenters. The summed E-state index contributed by atoms with van der Waals surface area (Å²) in [5.41, 5.74) is 4.62. The molecule has 4 aromatic carbocycles. The van der Waals surface area contributed by atoms with E-state index in [1.54, 1.807) is 24.3 Å². The number of nitrogens with zero attached hydrogens (tertiary/aromatic N) is 1. The Morgan fingerprint density at radius 3 is 2.29 bits per heavy atom. The first kappa shape index (κ1) is 21.5. The van der Waals surface area contributed by atoms with Gasteiger partial charge in [-0.15, -0.1) is 0 Å². The molecular weight excluding hydrogens is 424 g/mol. The number of aryl methyl sites for hydroxylation is 2. The number of methoxy groups -OCH3 is 1. The Morgan fingerprint density at radius 1 is 0.765 bits per heavy atom. The van der Waals surface area contributed by atoms with Crippen molar-refractivity contribution in [3.05, 3.63) is 107 Å². The number of carbonyl (C=O) groups is 2. The number of carbonyl (C=O) groups excluding carboxylic acids is 2. The monoisotopic (exact) mass is 448 g/mol. The molecule has 0 aliphatic carbocycles. The summed E-state index contributed by atoms with van der Waals surface area (Å²) in [4.78, 5) is 28.8. The number of anilines is 2. The zero-order valence-corrected chi connectivity index (χ0v) is 19.3. The second-order valence-corrected chi connectivity index (χ2v) is 8.32. The van der Waals surface area contributed by atoms with E-state index in [-0.39, 0.29) is 11.6 Å². The normalized spacial score (nSPS) is 13.7. The van der Waals surface area contributed by atoms with Crippen LogP contribution in [0.2, 0.25) is 0 Å². The van der Waals surface area contributed by atoms with E-state index in [1.807, 2.05) is 74.5 Å².